The molecule has 0 aliphatic rings. The van der Waals surface area contributed by atoms with E-state index in [0.717, 1.165) is 0 Å². The highest BCUT2D eigenvalue weighted by Crippen LogP contribution is 2.22. The Hall–Kier alpha value is -2.28. The normalized spacial score (nSPS) is 10.0. The second kappa shape index (κ2) is 6.60. The minimum atomic E-state index is -1.24. The molecule has 104 valence electrons. The van der Waals surface area contributed by atoms with Crippen LogP contribution in [-0.4, -0.2) is 52.4 Å². The van der Waals surface area contributed by atoms with Crippen LogP contribution in [0.25, 0.3) is 0 Å². The summed E-state index contributed by atoms with van der Waals surface area (Å²) >= 11 is 0. The minimum Gasteiger partial charge on any atom is -0.507 e. The third-order valence-electron chi connectivity index (χ3n) is 2.48. The number of aromatic hydroxyl groups is 1. The molecule has 0 spiro atoms. The van der Waals surface area contributed by atoms with Gasteiger partial charge in [0.15, 0.2) is 0 Å². The highest BCUT2D eigenvalue weighted by molar-refractivity contribution is 5.93. The van der Waals surface area contributed by atoms with Gasteiger partial charge in [0.1, 0.15) is 11.3 Å². The highest BCUT2D eigenvalue weighted by atomic mass is 16.4. The van der Waals surface area contributed by atoms with Gasteiger partial charge >= 0.3 is 12.0 Å². The van der Waals surface area contributed by atoms with Crippen LogP contribution in [0.3, 0.4) is 0 Å². The van der Waals surface area contributed by atoms with Crippen LogP contribution >= 0.6 is 0 Å². The molecule has 1 rings (SSSR count). The molecule has 0 bridgehead atoms. The first-order chi connectivity index (χ1) is 8.95. The van der Waals surface area contributed by atoms with Crippen molar-refractivity contribution in [2.75, 3.05) is 25.5 Å². The molecule has 0 saturated carbocycles. The maximum atomic E-state index is 11.7. The van der Waals surface area contributed by atoms with Crippen molar-refractivity contribution in [2.24, 2.45) is 0 Å². The zero-order valence-electron chi connectivity index (χ0n) is 10.5. The molecule has 0 unspecified atom stereocenters. The summed E-state index contributed by atoms with van der Waals surface area (Å²) in [4.78, 5) is 23.8. The van der Waals surface area contributed by atoms with Gasteiger partial charge in [0.2, 0.25) is 0 Å². The number of nitrogens with zero attached hydrogens (tertiary/aromatic N) is 1. The number of nitrogens with one attached hydrogen (secondary N) is 1. The van der Waals surface area contributed by atoms with E-state index in [2.05, 4.69) is 5.32 Å². The molecule has 2 amide bonds. The SMILES string of the molecule is CN(CCCO)C(=O)Nc1ccc(C(=O)O)c(O)c1. The van der Waals surface area contributed by atoms with Crippen molar-refractivity contribution in [3.05, 3.63) is 23.8 Å². The molecule has 0 aliphatic carbocycles. The molecule has 4 N–H and O–H groups in total. The van der Waals surface area contributed by atoms with Crippen LogP contribution < -0.4 is 5.32 Å². The number of phenols is 1. The maximum absolute atomic E-state index is 11.7. The first-order valence-corrected chi connectivity index (χ1v) is 5.65. The van der Waals surface area contributed by atoms with E-state index >= 15 is 0 Å². The van der Waals surface area contributed by atoms with Gasteiger partial charge in [-0.1, -0.05) is 0 Å². The van der Waals surface area contributed by atoms with E-state index in [1.165, 1.54) is 23.1 Å². The van der Waals surface area contributed by atoms with Gasteiger partial charge < -0.3 is 25.5 Å². The van der Waals surface area contributed by atoms with Gasteiger partial charge in [-0.3, -0.25) is 0 Å². The second-order valence-electron chi connectivity index (χ2n) is 3.97. The number of urea groups is 1. The maximum Gasteiger partial charge on any atom is 0.339 e. The number of amides is 2. The van der Waals surface area contributed by atoms with Crippen molar-refractivity contribution in [3.8, 4) is 5.75 Å². The molecule has 7 heteroatoms. The van der Waals surface area contributed by atoms with Crippen LogP contribution in [0, 0.1) is 0 Å². The molecule has 0 radical (unpaired) electrons. The fourth-order valence-corrected chi connectivity index (χ4v) is 1.42. The molecule has 19 heavy (non-hydrogen) atoms. The predicted octanol–water partition coefficient (Wildman–Crippen LogP) is 0.937. The molecule has 0 heterocycles. The molecule has 1 aromatic carbocycles. The molecule has 0 aliphatic heterocycles. The van der Waals surface area contributed by atoms with Crippen LogP contribution in [0.5, 0.6) is 5.75 Å². The van der Waals surface area contributed by atoms with Gasteiger partial charge in [-0.25, -0.2) is 9.59 Å². The lowest BCUT2D eigenvalue weighted by Crippen LogP contribution is -2.32. The van der Waals surface area contributed by atoms with E-state index in [1.54, 1.807) is 7.05 Å². The molecule has 0 fully saturated rings. The number of aliphatic hydroxyl groups excluding tert-OH is 1. The standard InChI is InChI=1S/C12H16N2O5/c1-14(5-2-6-15)12(19)13-8-3-4-9(11(17)18)10(16)7-8/h3-4,7,15-16H,2,5-6H2,1H3,(H,13,19)(H,17,18). The monoisotopic (exact) mass is 268 g/mol. The number of carbonyl (C=O) groups excluding carboxylic acids is 1. The Labute approximate surface area is 110 Å². The summed E-state index contributed by atoms with van der Waals surface area (Å²) in [5.41, 5.74) is 0.0648. The predicted molar refractivity (Wildman–Crippen MR) is 68.4 cm³/mol. The van der Waals surface area contributed by atoms with Crippen molar-refractivity contribution < 1.29 is 24.9 Å². The summed E-state index contributed by atoms with van der Waals surface area (Å²) in [5, 5.41) is 29.4. The smallest absolute Gasteiger partial charge is 0.339 e. The number of hydrogen-bond donors (Lipinski definition) is 4. The molecule has 0 aromatic heterocycles. The van der Waals surface area contributed by atoms with Gasteiger partial charge in [-0.2, -0.15) is 0 Å². The van der Waals surface area contributed by atoms with E-state index in [0.29, 0.717) is 18.7 Å². The van der Waals surface area contributed by atoms with Gasteiger partial charge in [0, 0.05) is 32.0 Å². The number of anilines is 1. The largest absolute Gasteiger partial charge is 0.507 e. The van der Waals surface area contributed by atoms with Gasteiger partial charge in [-0.05, 0) is 18.6 Å². The molecule has 0 saturated heterocycles. The van der Waals surface area contributed by atoms with E-state index in [-0.39, 0.29) is 12.2 Å². The number of aromatic carboxylic acids is 1. The van der Waals surface area contributed by atoms with E-state index < -0.39 is 17.7 Å². The van der Waals surface area contributed by atoms with E-state index in [1.807, 2.05) is 0 Å². The van der Waals surface area contributed by atoms with Gasteiger partial charge in [0.05, 0.1) is 0 Å². The Morgan fingerprint density at radius 3 is 2.58 bits per heavy atom. The van der Waals surface area contributed by atoms with E-state index in [4.69, 9.17) is 10.2 Å². The third kappa shape index (κ3) is 4.14. The Morgan fingerprint density at radius 1 is 1.37 bits per heavy atom. The van der Waals surface area contributed by atoms with Crippen LogP contribution in [0.4, 0.5) is 10.5 Å². The number of aliphatic hydroxyl groups is 1. The highest BCUT2D eigenvalue weighted by Gasteiger charge is 2.12. The van der Waals surface area contributed by atoms with Crippen LogP contribution in [0.1, 0.15) is 16.8 Å². The lowest BCUT2D eigenvalue weighted by Gasteiger charge is -2.17. The summed E-state index contributed by atoms with van der Waals surface area (Å²) < 4.78 is 0. The van der Waals surface area contributed by atoms with Crippen LogP contribution in [0.2, 0.25) is 0 Å². The lowest BCUT2D eigenvalue weighted by molar-refractivity contribution is 0.0693. The molecule has 0 atom stereocenters. The van der Waals surface area contributed by atoms with Gasteiger partial charge in [-0.15, -0.1) is 0 Å². The molecule has 7 nitrogen and oxygen atoms in total. The molecular formula is C12H16N2O5. The number of carbonyl (C=O) groups is 2. The Morgan fingerprint density at radius 2 is 2.05 bits per heavy atom. The third-order valence-corrected chi connectivity index (χ3v) is 2.48. The van der Waals surface area contributed by atoms with Crippen molar-refractivity contribution >= 4 is 17.7 Å². The first-order valence-electron chi connectivity index (χ1n) is 5.65. The average Bonchev–Trinajstić information content (AvgIpc) is 2.35. The molecular weight excluding hydrogens is 252 g/mol. The number of carboxylic acids is 1. The Bertz CT molecular complexity index is 475. The van der Waals surface area contributed by atoms with Crippen molar-refractivity contribution in [1.29, 1.82) is 0 Å². The summed E-state index contributed by atoms with van der Waals surface area (Å²) in [6.45, 7) is 0.382. The summed E-state index contributed by atoms with van der Waals surface area (Å²) in [6.07, 6.45) is 0.465. The topological polar surface area (TPSA) is 110 Å². The van der Waals surface area contributed by atoms with E-state index in [9.17, 15) is 14.7 Å². The Kier molecular flexibility index (Phi) is 5.13. The van der Waals surface area contributed by atoms with Crippen LogP contribution in [0.15, 0.2) is 18.2 Å². The van der Waals surface area contributed by atoms with Crippen molar-refractivity contribution in [2.45, 2.75) is 6.42 Å². The number of carboxylic acid groups (broad SMARTS) is 1. The zero-order chi connectivity index (χ0) is 14.4. The number of hydrogen-bond acceptors (Lipinski definition) is 4. The number of benzene rings is 1. The second-order valence-corrected chi connectivity index (χ2v) is 3.97. The fraction of sp³-hybridized carbons (Fsp3) is 0.333. The Balaban J connectivity index is 2.70. The minimum absolute atomic E-state index is 0.00822. The van der Waals surface area contributed by atoms with Crippen molar-refractivity contribution in [3.63, 3.8) is 0 Å². The number of rotatable bonds is 5. The summed E-state index contributed by atoms with van der Waals surface area (Å²) in [5.74, 6) is -1.65. The summed E-state index contributed by atoms with van der Waals surface area (Å²) in [6, 6.07) is 3.36. The molecule has 1 aromatic rings. The summed E-state index contributed by atoms with van der Waals surface area (Å²) in [7, 11) is 1.57. The fourth-order valence-electron chi connectivity index (χ4n) is 1.42. The quantitative estimate of drug-likeness (QED) is 0.635. The lowest BCUT2D eigenvalue weighted by atomic mass is 10.2. The van der Waals surface area contributed by atoms with Crippen LogP contribution in [-0.2, 0) is 0 Å². The first kappa shape index (κ1) is 14.8. The van der Waals surface area contributed by atoms with Crippen molar-refractivity contribution in [1.82, 2.24) is 4.90 Å². The zero-order valence-corrected chi connectivity index (χ0v) is 10.5. The van der Waals surface area contributed by atoms with Gasteiger partial charge in [0.25, 0.3) is 0 Å². The average molecular weight is 268 g/mol.